The first-order valence-electron chi connectivity index (χ1n) is 8.43. The van der Waals surface area contributed by atoms with Crippen LogP contribution < -0.4 is 10.7 Å². The van der Waals surface area contributed by atoms with Crippen molar-refractivity contribution in [3.05, 3.63) is 78.0 Å². The Morgan fingerprint density at radius 3 is 2.44 bits per heavy atom. The van der Waals surface area contributed by atoms with Crippen LogP contribution in [0.4, 0.5) is 0 Å². The Labute approximate surface area is 156 Å². The summed E-state index contributed by atoms with van der Waals surface area (Å²) in [4.78, 5) is 23.7. The highest BCUT2D eigenvalue weighted by molar-refractivity contribution is 5.90. The molecule has 2 aromatic carbocycles. The maximum Gasteiger partial charge on any atom is 0.259 e. The van der Waals surface area contributed by atoms with E-state index >= 15 is 0 Å². The van der Waals surface area contributed by atoms with Gasteiger partial charge in [0.05, 0.1) is 31.1 Å². The molecule has 2 amide bonds. The summed E-state index contributed by atoms with van der Waals surface area (Å²) in [5.74, 6) is -0.626. The zero-order valence-electron chi connectivity index (χ0n) is 14.6. The third-order valence-corrected chi connectivity index (χ3v) is 3.78. The van der Waals surface area contributed by atoms with E-state index in [0.29, 0.717) is 0 Å². The SMILES string of the molecule is O=C(Cc1ccccc1)NCC(=O)N/N=C/c1cn[nH]c1-c1ccccc1. The quantitative estimate of drug-likeness (QED) is 0.443. The van der Waals surface area contributed by atoms with E-state index in [0.717, 1.165) is 22.4 Å². The molecule has 1 heterocycles. The minimum Gasteiger partial charge on any atom is -0.347 e. The van der Waals surface area contributed by atoms with E-state index in [1.165, 1.54) is 6.21 Å². The fourth-order valence-corrected chi connectivity index (χ4v) is 2.47. The molecular formula is C20H19N5O2. The van der Waals surface area contributed by atoms with Gasteiger partial charge in [0.25, 0.3) is 5.91 Å². The van der Waals surface area contributed by atoms with Crippen molar-refractivity contribution < 1.29 is 9.59 Å². The Kier molecular flexibility index (Phi) is 6.08. The van der Waals surface area contributed by atoms with Crippen molar-refractivity contribution in [1.82, 2.24) is 20.9 Å². The van der Waals surface area contributed by atoms with Crippen LogP contribution in [0.15, 0.2) is 72.0 Å². The summed E-state index contributed by atoms with van der Waals surface area (Å²) in [5, 5.41) is 13.4. The molecule has 1 aromatic heterocycles. The van der Waals surface area contributed by atoms with Crippen LogP contribution in [-0.2, 0) is 16.0 Å². The third-order valence-electron chi connectivity index (χ3n) is 3.78. The van der Waals surface area contributed by atoms with E-state index in [1.54, 1.807) is 6.20 Å². The predicted molar refractivity (Wildman–Crippen MR) is 103 cm³/mol. The highest BCUT2D eigenvalue weighted by atomic mass is 16.2. The number of H-pyrrole nitrogens is 1. The molecule has 0 radical (unpaired) electrons. The molecule has 0 aliphatic rings. The van der Waals surface area contributed by atoms with Crippen LogP contribution in [-0.4, -0.2) is 34.8 Å². The summed E-state index contributed by atoms with van der Waals surface area (Å²) in [6, 6.07) is 19.0. The molecule has 7 heteroatoms. The number of hydrogen-bond acceptors (Lipinski definition) is 4. The minimum absolute atomic E-state index is 0.139. The van der Waals surface area contributed by atoms with Crippen molar-refractivity contribution >= 4 is 18.0 Å². The van der Waals surface area contributed by atoms with Crippen LogP contribution in [0.1, 0.15) is 11.1 Å². The Hall–Kier alpha value is -3.74. The van der Waals surface area contributed by atoms with Gasteiger partial charge in [0, 0.05) is 11.1 Å². The van der Waals surface area contributed by atoms with Crippen LogP contribution >= 0.6 is 0 Å². The van der Waals surface area contributed by atoms with Crippen LogP contribution in [0.25, 0.3) is 11.3 Å². The van der Waals surface area contributed by atoms with Gasteiger partial charge >= 0.3 is 0 Å². The molecule has 3 aromatic rings. The van der Waals surface area contributed by atoms with Gasteiger partial charge < -0.3 is 5.32 Å². The van der Waals surface area contributed by atoms with Gasteiger partial charge in [-0.1, -0.05) is 60.7 Å². The van der Waals surface area contributed by atoms with Gasteiger partial charge in [-0.05, 0) is 5.56 Å². The second kappa shape index (κ2) is 9.10. The van der Waals surface area contributed by atoms with Gasteiger partial charge in [0.1, 0.15) is 0 Å². The maximum absolute atomic E-state index is 11.8. The second-order valence-corrected chi connectivity index (χ2v) is 5.80. The molecule has 0 aliphatic heterocycles. The number of hydrogen-bond donors (Lipinski definition) is 3. The van der Waals surface area contributed by atoms with E-state index in [-0.39, 0.29) is 18.9 Å². The fraction of sp³-hybridized carbons (Fsp3) is 0.100. The Bertz CT molecular complexity index is 920. The second-order valence-electron chi connectivity index (χ2n) is 5.80. The Morgan fingerprint density at radius 1 is 1.00 bits per heavy atom. The zero-order valence-corrected chi connectivity index (χ0v) is 14.6. The first-order valence-corrected chi connectivity index (χ1v) is 8.43. The number of nitrogens with one attached hydrogen (secondary N) is 3. The summed E-state index contributed by atoms with van der Waals surface area (Å²) >= 11 is 0. The van der Waals surface area contributed by atoms with E-state index in [9.17, 15) is 9.59 Å². The Morgan fingerprint density at radius 2 is 1.70 bits per heavy atom. The lowest BCUT2D eigenvalue weighted by molar-refractivity contribution is -0.125. The molecular weight excluding hydrogens is 342 g/mol. The van der Waals surface area contributed by atoms with E-state index in [1.807, 2.05) is 60.7 Å². The standard InChI is InChI=1S/C20H19N5O2/c26-18(11-15-7-3-1-4-8-15)21-14-19(27)24-22-12-17-13-23-25-20(17)16-9-5-2-6-10-16/h1-10,12-13H,11,14H2,(H,21,26)(H,23,25)(H,24,27)/b22-12+. The molecule has 7 nitrogen and oxygen atoms in total. The van der Waals surface area contributed by atoms with Gasteiger partial charge in [-0.2, -0.15) is 10.2 Å². The molecule has 0 bridgehead atoms. The highest BCUT2D eigenvalue weighted by Gasteiger charge is 2.07. The van der Waals surface area contributed by atoms with Crippen molar-refractivity contribution in [2.24, 2.45) is 5.10 Å². The molecule has 0 fully saturated rings. The lowest BCUT2D eigenvalue weighted by Gasteiger charge is -2.04. The smallest absolute Gasteiger partial charge is 0.259 e. The number of carbonyl (C=O) groups excluding carboxylic acids is 2. The van der Waals surface area contributed by atoms with Crippen molar-refractivity contribution in [1.29, 1.82) is 0 Å². The number of nitrogens with zero attached hydrogens (tertiary/aromatic N) is 2. The van der Waals surface area contributed by atoms with Crippen molar-refractivity contribution in [2.75, 3.05) is 6.54 Å². The summed E-state index contributed by atoms with van der Waals surface area (Å²) in [7, 11) is 0. The summed E-state index contributed by atoms with van der Waals surface area (Å²) in [6.07, 6.45) is 3.36. The first-order chi connectivity index (χ1) is 13.2. The molecule has 0 atom stereocenters. The third kappa shape index (κ3) is 5.37. The largest absolute Gasteiger partial charge is 0.347 e. The highest BCUT2D eigenvalue weighted by Crippen LogP contribution is 2.18. The molecule has 3 N–H and O–H groups in total. The molecule has 0 saturated heterocycles. The number of aromatic amines is 1. The number of rotatable bonds is 7. The maximum atomic E-state index is 11.8. The van der Waals surface area contributed by atoms with E-state index < -0.39 is 5.91 Å². The number of aromatic nitrogens is 2. The summed E-state index contributed by atoms with van der Waals surface area (Å²) in [5.41, 5.74) is 5.81. The number of amides is 2. The van der Waals surface area contributed by atoms with E-state index in [2.05, 4.69) is 26.0 Å². The number of benzene rings is 2. The van der Waals surface area contributed by atoms with Crippen LogP contribution in [0.5, 0.6) is 0 Å². The molecule has 0 aliphatic carbocycles. The number of carbonyl (C=O) groups is 2. The molecule has 136 valence electrons. The van der Waals surface area contributed by atoms with Gasteiger partial charge in [-0.3, -0.25) is 14.7 Å². The van der Waals surface area contributed by atoms with Gasteiger partial charge in [0.15, 0.2) is 0 Å². The molecule has 0 spiro atoms. The molecule has 27 heavy (non-hydrogen) atoms. The average molecular weight is 361 g/mol. The van der Waals surface area contributed by atoms with Crippen LogP contribution in [0.2, 0.25) is 0 Å². The average Bonchev–Trinajstić information content (AvgIpc) is 3.16. The fourth-order valence-electron chi connectivity index (χ4n) is 2.47. The van der Waals surface area contributed by atoms with Gasteiger partial charge in [0.2, 0.25) is 5.91 Å². The van der Waals surface area contributed by atoms with Crippen molar-refractivity contribution in [3.8, 4) is 11.3 Å². The van der Waals surface area contributed by atoms with E-state index in [4.69, 9.17) is 0 Å². The molecule has 0 saturated carbocycles. The topological polar surface area (TPSA) is 99.2 Å². The minimum atomic E-state index is -0.405. The lowest BCUT2D eigenvalue weighted by Crippen LogP contribution is -2.35. The van der Waals surface area contributed by atoms with Crippen LogP contribution in [0, 0.1) is 0 Å². The van der Waals surface area contributed by atoms with Gasteiger partial charge in [-0.15, -0.1) is 0 Å². The van der Waals surface area contributed by atoms with Crippen molar-refractivity contribution in [3.63, 3.8) is 0 Å². The lowest BCUT2D eigenvalue weighted by atomic mass is 10.1. The zero-order chi connectivity index (χ0) is 18.9. The molecule has 3 rings (SSSR count). The summed E-state index contributed by atoms with van der Waals surface area (Å²) in [6.45, 7) is -0.139. The monoisotopic (exact) mass is 361 g/mol. The predicted octanol–water partition coefficient (Wildman–Crippen LogP) is 1.89. The molecule has 0 unspecified atom stereocenters. The normalized spacial score (nSPS) is 10.7. The summed E-state index contributed by atoms with van der Waals surface area (Å²) < 4.78 is 0. The van der Waals surface area contributed by atoms with Crippen molar-refractivity contribution in [2.45, 2.75) is 6.42 Å². The first kappa shape index (κ1) is 18.1. The van der Waals surface area contributed by atoms with Gasteiger partial charge in [-0.25, -0.2) is 5.43 Å². The number of hydrazone groups is 1. The Balaban J connectivity index is 1.47. The van der Waals surface area contributed by atoms with Crippen LogP contribution in [0.3, 0.4) is 0 Å².